The second kappa shape index (κ2) is 9.10. The van der Waals surface area contributed by atoms with Crippen molar-refractivity contribution in [2.75, 3.05) is 6.54 Å². The summed E-state index contributed by atoms with van der Waals surface area (Å²) in [6.45, 7) is 2.22. The van der Waals surface area contributed by atoms with Crippen LogP contribution < -0.4 is 30.3 Å². The Morgan fingerprint density at radius 2 is 2.00 bits per heavy atom. The van der Waals surface area contributed by atoms with E-state index in [4.69, 9.17) is 11.5 Å². The summed E-state index contributed by atoms with van der Waals surface area (Å²) in [5.41, 5.74) is 9.96. The van der Waals surface area contributed by atoms with Gasteiger partial charge in [0.2, 0.25) is 0 Å². The Morgan fingerprint density at radius 1 is 1.50 bits per heavy atom. The molecule has 0 atom stereocenters. The van der Waals surface area contributed by atoms with Gasteiger partial charge in [-0.1, -0.05) is 0 Å². The number of nitrogens with two attached hydrogens (primary N) is 2. The average Bonchev–Trinajstić information content (AvgIpc) is 1.41. The van der Waals surface area contributed by atoms with Crippen LogP contribution in [0.3, 0.4) is 0 Å². The molecular weight excluding hydrogens is 71.0 g/mol. The number of hydrogen-bond acceptors (Lipinski definition) is 2. The molecular formula is C3H9LiN2. The average molecular weight is 80.1 g/mol. The van der Waals surface area contributed by atoms with E-state index in [1.165, 1.54) is 0 Å². The Hall–Kier alpha value is 0.517. The predicted octanol–water partition coefficient (Wildman–Crippen LogP) is -3.54. The van der Waals surface area contributed by atoms with Crippen LogP contribution >= 0.6 is 0 Å². The minimum Gasteiger partial charge on any atom is -0.483 e. The quantitative estimate of drug-likeness (QED) is 0.266. The minimum atomic E-state index is 0. The molecule has 0 heterocycles. The molecule has 0 rings (SSSR count). The summed E-state index contributed by atoms with van der Waals surface area (Å²) in [6, 6.07) is 0. The van der Waals surface area contributed by atoms with Crippen LogP contribution in [0.5, 0.6) is 0 Å². The van der Waals surface area contributed by atoms with Crippen molar-refractivity contribution in [3.63, 3.8) is 0 Å². The van der Waals surface area contributed by atoms with Crippen molar-refractivity contribution in [2.24, 2.45) is 11.5 Å². The molecule has 0 aliphatic heterocycles. The molecule has 0 aromatic carbocycles. The van der Waals surface area contributed by atoms with Gasteiger partial charge in [-0.25, -0.2) is 0 Å². The molecule has 0 fully saturated rings. The SMILES string of the molecule is N[CH-]CCN.[Li+]. The van der Waals surface area contributed by atoms with Gasteiger partial charge in [0, 0.05) is 0 Å². The van der Waals surface area contributed by atoms with Crippen LogP contribution in [0, 0.1) is 6.54 Å². The first-order valence-electron chi connectivity index (χ1n) is 1.65. The van der Waals surface area contributed by atoms with Crippen molar-refractivity contribution >= 4 is 0 Å². The van der Waals surface area contributed by atoms with Crippen molar-refractivity contribution in [1.29, 1.82) is 0 Å². The molecule has 0 unspecified atom stereocenters. The molecule has 0 bridgehead atoms. The fourth-order valence-electron chi connectivity index (χ4n) is 0.0962. The van der Waals surface area contributed by atoms with E-state index in [1.807, 2.05) is 0 Å². The summed E-state index contributed by atoms with van der Waals surface area (Å²) >= 11 is 0. The van der Waals surface area contributed by atoms with Gasteiger partial charge in [0.25, 0.3) is 0 Å². The van der Waals surface area contributed by atoms with Crippen molar-refractivity contribution in [3.8, 4) is 0 Å². The summed E-state index contributed by atoms with van der Waals surface area (Å²) in [5.74, 6) is 0. The fourth-order valence-corrected chi connectivity index (χ4v) is 0.0962. The second-order valence-corrected chi connectivity index (χ2v) is 0.813. The van der Waals surface area contributed by atoms with Gasteiger partial charge in [-0.2, -0.15) is 6.42 Å². The van der Waals surface area contributed by atoms with E-state index in [-0.39, 0.29) is 18.9 Å². The van der Waals surface area contributed by atoms with Gasteiger partial charge in [-0.15, -0.1) is 0 Å². The van der Waals surface area contributed by atoms with Crippen molar-refractivity contribution in [2.45, 2.75) is 6.42 Å². The molecule has 0 aromatic heterocycles. The molecule has 2 nitrogen and oxygen atoms in total. The Morgan fingerprint density at radius 3 is 2.00 bits per heavy atom. The summed E-state index contributed by atoms with van der Waals surface area (Å²) in [4.78, 5) is 0. The number of hydrogen-bond donors (Lipinski definition) is 2. The standard InChI is InChI=1S/C3H9N2.Li/c4-2-1-3-5;/h2H,1,3-5H2;/q-1;+1. The third-order valence-electron chi connectivity index (χ3n) is 0.333. The minimum absolute atomic E-state index is 0. The first-order chi connectivity index (χ1) is 2.41. The molecule has 0 aliphatic carbocycles. The fraction of sp³-hybridized carbons (Fsp3) is 0.667. The molecule has 32 valence electrons. The van der Waals surface area contributed by atoms with Gasteiger partial charge in [-0.05, 0) is 6.54 Å². The van der Waals surface area contributed by atoms with Crippen molar-refractivity contribution < 1.29 is 18.9 Å². The van der Waals surface area contributed by atoms with E-state index in [9.17, 15) is 0 Å². The van der Waals surface area contributed by atoms with E-state index in [0.29, 0.717) is 6.54 Å². The first kappa shape index (κ1) is 9.72. The maximum atomic E-state index is 5.03. The molecule has 0 spiro atoms. The largest absolute Gasteiger partial charge is 1.00 e. The zero-order valence-corrected chi connectivity index (χ0v) is 4.15. The topological polar surface area (TPSA) is 52.0 Å². The van der Waals surface area contributed by atoms with Crippen molar-refractivity contribution in [3.05, 3.63) is 6.54 Å². The van der Waals surface area contributed by atoms with Gasteiger partial charge >= 0.3 is 18.9 Å². The molecule has 0 saturated carbocycles. The first-order valence-corrected chi connectivity index (χ1v) is 1.65. The molecule has 0 aromatic rings. The molecule has 0 saturated heterocycles. The Balaban J connectivity index is 0. The maximum absolute atomic E-state index is 5.03. The predicted molar refractivity (Wildman–Crippen MR) is 22.2 cm³/mol. The molecule has 0 radical (unpaired) electrons. The summed E-state index contributed by atoms with van der Waals surface area (Å²) in [5, 5.41) is 0. The van der Waals surface area contributed by atoms with E-state index >= 15 is 0 Å². The summed E-state index contributed by atoms with van der Waals surface area (Å²) < 4.78 is 0. The van der Waals surface area contributed by atoms with E-state index in [2.05, 4.69) is 0 Å². The molecule has 6 heavy (non-hydrogen) atoms. The van der Waals surface area contributed by atoms with Crippen LogP contribution in [-0.2, 0) is 0 Å². The zero-order valence-electron chi connectivity index (χ0n) is 4.15. The van der Waals surface area contributed by atoms with Gasteiger partial charge < -0.3 is 11.5 Å². The van der Waals surface area contributed by atoms with Gasteiger partial charge in [0.05, 0.1) is 0 Å². The van der Waals surface area contributed by atoms with Crippen LogP contribution in [0.1, 0.15) is 6.42 Å². The van der Waals surface area contributed by atoms with E-state index in [1.54, 1.807) is 6.54 Å². The Kier molecular flexibility index (Phi) is 14.7. The monoisotopic (exact) mass is 80.1 g/mol. The summed E-state index contributed by atoms with van der Waals surface area (Å²) in [6.07, 6.45) is 0.819. The van der Waals surface area contributed by atoms with Crippen LogP contribution in [0.25, 0.3) is 0 Å². The van der Waals surface area contributed by atoms with Crippen LogP contribution in [-0.4, -0.2) is 6.54 Å². The van der Waals surface area contributed by atoms with E-state index in [0.717, 1.165) is 6.42 Å². The van der Waals surface area contributed by atoms with Gasteiger partial charge in [0.15, 0.2) is 0 Å². The summed E-state index contributed by atoms with van der Waals surface area (Å²) in [7, 11) is 0. The number of rotatable bonds is 2. The normalized spacial score (nSPS) is 7.00. The van der Waals surface area contributed by atoms with Gasteiger partial charge in [-0.3, -0.25) is 6.54 Å². The van der Waals surface area contributed by atoms with Crippen LogP contribution in [0.15, 0.2) is 0 Å². The molecule has 4 N–H and O–H groups in total. The molecule has 3 heteroatoms. The third kappa shape index (κ3) is 8.82. The van der Waals surface area contributed by atoms with Crippen molar-refractivity contribution in [1.82, 2.24) is 0 Å². The molecule has 0 aliphatic rings. The smallest absolute Gasteiger partial charge is 0.483 e. The molecule has 0 amide bonds. The Bertz CT molecular complexity index is 16.3. The van der Waals surface area contributed by atoms with E-state index < -0.39 is 0 Å². The zero-order chi connectivity index (χ0) is 4.12. The van der Waals surface area contributed by atoms with Crippen LogP contribution in [0.2, 0.25) is 0 Å². The second-order valence-electron chi connectivity index (χ2n) is 0.813. The Labute approximate surface area is 50.4 Å². The van der Waals surface area contributed by atoms with Crippen LogP contribution in [0.4, 0.5) is 0 Å². The third-order valence-corrected chi connectivity index (χ3v) is 0.333. The maximum Gasteiger partial charge on any atom is 1.00 e. The van der Waals surface area contributed by atoms with Gasteiger partial charge in [0.1, 0.15) is 0 Å².